The lowest BCUT2D eigenvalue weighted by atomic mass is 10.0. The zero-order valence-corrected chi connectivity index (χ0v) is 12.3. The molecule has 5 N–H and O–H groups in total. The zero-order chi connectivity index (χ0) is 15.7. The van der Waals surface area contributed by atoms with Gasteiger partial charge >= 0.3 is 5.97 Å². The Kier molecular flexibility index (Phi) is 8.54. The van der Waals surface area contributed by atoms with E-state index in [9.17, 15) is 14.4 Å². The van der Waals surface area contributed by atoms with Crippen molar-refractivity contribution in [2.45, 2.75) is 52.1 Å². The molecule has 0 spiro atoms. The highest BCUT2D eigenvalue weighted by atomic mass is 16.4. The van der Waals surface area contributed by atoms with E-state index in [0.29, 0.717) is 25.8 Å². The molecule has 0 rings (SSSR count). The molecule has 0 heterocycles. The normalized spacial score (nSPS) is 13.7. The van der Waals surface area contributed by atoms with Gasteiger partial charge in [0.25, 0.3) is 0 Å². The molecule has 0 aliphatic carbocycles. The van der Waals surface area contributed by atoms with Crippen LogP contribution in [0.3, 0.4) is 0 Å². The van der Waals surface area contributed by atoms with Gasteiger partial charge in [-0.25, -0.2) is 4.79 Å². The van der Waals surface area contributed by atoms with E-state index in [1.807, 2.05) is 0 Å². The monoisotopic (exact) mass is 287 g/mol. The maximum atomic E-state index is 11.7. The Bertz CT molecular complexity index is 345. The lowest BCUT2D eigenvalue weighted by molar-refractivity contribution is -0.142. The Labute approximate surface area is 119 Å². The first-order chi connectivity index (χ1) is 9.25. The Hall–Kier alpha value is -1.63. The molecule has 20 heavy (non-hydrogen) atoms. The molecule has 0 saturated carbocycles. The van der Waals surface area contributed by atoms with E-state index in [1.165, 1.54) is 6.92 Å². The number of amides is 2. The van der Waals surface area contributed by atoms with Crippen LogP contribution in [-0.2, 0) is 14.4 Å². The third kappa shape index (κ3) is 7.73. The number of unbranched alkanes of at least 4 members (excludes halogenated alkanes) is 1. The van der Waals surface area contributed by atoms with Crippen LogP contribution in [0.15, 0.2) is 0 Å². The summed E-state index contributed by atoms with van der Waals surface area (Å²) in [6.45, 7) is 5.52. The zero-order valence-electron chi connectivity index (χ0n) is 12.3. The van der Waals surface area contributed by atoms with Crippen LogP contribution >= 0.6 is 0 Å². The predicted octanol–water partition coefficient (Wildman–Crippen LogP) is -0.154. The minimum absolute atomic E-state index is 0.0517. The standard InChI is InChI=1S/C13H25N3O4/c1-8(2)11(14)12(18)16-10(13(19)20)6-4-5-7-15-9(3)17/h8,10-11H,4-7,14H2,1-3H3,(H,15,17)(H,16,18)(H,19,20)/t10-,11-/m0/s1. The summed E-state index contributed by atoms with van der Waals surface area (Å²) < 4.78 is 0. The molecule has 0 unspecified atom stereocenters. The first-order valence-electron chi connectivity index (χ1n) is 6.79. The van der Waals surface area contributed by atoms with Gasteiger partial charge in [-0.3, -0.25) is 9.59 Å². The van der Waals surface area contributed by atoms with Crippen molar-refractivity contribution >= 4 is 17.8 Å². The molecule has 0 aromatic rings. The number of hydrogen-bond acceptors (Lipinski definition) is 4. The molecule has 0 aromatic heterocycles. The van der Waals surface area contributed by atoms with Crippen LogP contribution in [0.4, 0.5) is 0 Å². The van der Waals surface area contributed by atoms with Crippen LogP contribution in [-0.4, -0.2) is 41.5 Å². The topological polar surface area (TPSA) is 122 Å². The Morgan fingerprint density at radius 1 is 1.20 bits per heavy atom. The van der Waals surface area contributed by atoms with Crippen LogP contribution < -0.4 is 16.4 Å². The van der Waals surface area contributed by atoms with Gasteiger partial charge in [0.1, 0.15) is 6.04 Å². The fourth-order valence-corrected chi connectivity index (χ4v) is 1.57. The molecular weight excluding hydrogens is 262 g/mol. The van der Waals surface area contributed by atoms with Crippen molar-refractivity contribution in [1.82, 2.24) is 10.6 Å². The number of hydrogen-bond donors (Lipinski definition) is 4. The fourth-order valence-electron chi connectivity index (χ4n) is 1.57. The Morgan fingerprint density at radius 2 is 1.80 bits per heavy atom. The SMILES string of the molecule is CC(=O)NCCCC[C@H](NC(=O)[C@@H](N)C(C)C)C(=O)O. The summed E-state index contributed by atoms with van der Waals surface area (Å²) in [6.07, 6.45) is 1.56. The van der Waals surface area contributed by atoms with Gasteiger partial charge in [0.05, 0.1) is 6.04 Å². The molecule has 0 aliphatic heterocycles. The summed E-state index contributed by atoms with van der Waals surface area (Å²) >= 11 is 0. The first kappa shape index (κ1) is 18.4. The van der Waals surface area contributed by atoms with Crippen molar-refractivity contribution in [1.29, 1.82) is 0 Å². The number of rotatable bonds is 9. The fraction of sp³-hybridized carbons (Fsp3) is 0.769. The van der Waals surface area contributed by atoms with Gasteiger partial charge in [-0.15, -0.1) is 0 Å². The molecule has 7 heteroatoms. The summed E-state index contributed by atoms with van der Waals surface area (Å²) in [7, 11) is 0. The molecule has 2 amide bonds. The number of carboxylic acids is 1. The van der Waals surface area contributed by atoms with Crippen LogP contribution in [0.25, 0.3) is 0 Å². The maximum Gasteiger partial charge on any atom is 0.326 e. The second kappa shape index (κ2) is 9.30. The number of carbonyl (C=O) groups excluding carboxylic acids is 2. The van der Waals surface area contributed by atoms with E-state index < -0.39 is 24.0 Å². The first-order valence-corrected chi connectivity index (χ1v) is 6.79. The number of aliphatic carboxylic acids is 1. The highest BCUT2D eigenvalue weighted by Gasteiger charge is 2.24. The van der Waals surface area contributed by atoms with Crippen molar-refractivity contribution in [3.63, 3.8) is 0 Å². The van der Waals surface area contributed by atoms with Gasteiger partial charge in [0, 0.05) is 13.5 Å². The average molecular weight is 287 g/mol. The molecule has 0 aromatic carbocycles. The average Bonchev–Trinajstić information content (AvgIpc) is 2.34. The minimum atomic E-state index is -1.08. The summed E-state index contributed by atoms with van der Waals surface area (Å²) in [5.74, 6) is -1.69. The molecular formula is C13H25N3O4. The molecule has 0 bridgehead atoms. The summed E-state index contributed by atoms with van der Waals surface area (Å²) in [4.78, 5) is 33.5. The van der Waals surface area contributed by atoms with E-state index >= 15 is 0 Å². The van der Waals surface area contributed by atoms with Crippen molar-refractivity contribution in [2.24, 2.45) is 11.7 Å². The van der Waals surface area contributed by atoms with Gasteiger partial charge in [0.2, 0.25) is 11.8 Å². The second-order valence-corrected chi connectivity index (χ2v) is 5.15. The van der Waals surface area contributed by atoms with Crippen LogP contribution in [0, 0.1) is 5.92 Å². The quantitative estimate of drug-likeness (QED) is 0.439. The summed E-state index contributed by atoms with van der Waals surface area (Å²) in [5.41, 5.74) is 5.67. The van der Waals surface area contributed by atoms with E-state index in [4.69, 9.17) is 10.8 Å². The largest absolute Gasteiger partial charge is 0.480 e. The summed E-state index contributed by atoms with van der Waals surface area (Å²) in [5, 5.41) is 14.1. The number of nitrogens with two attached hydrogens (primary N) is 1. The van der Waals surface area contributed by atoms with Gasteiger partial charge in [-0.1, -0.05) is 13.8 Å². The molecule has 0 saturated heterocycles. The van der Waals surface area contributed by atoms with Crippen molar-refractivity contribution in [3.05, 3.63) is 0 Å². The summed E-state index contributed by atoms with van der Waals surface area (Å²) in [6, 6.07) is -1.65. The van der Waals surface area contributed by atoms with Crippen molar-refractivity contribution in [3.8, 4) is 0 Å². The highest BCUT2D eigenvalue weighted by molar-refractivity contribution is 5.86. The second-order valence-electron chi connectivity index (χ2n) is 5.15. The lowest BCUT2D eigenvalue weighted by Crippen LogP contribution is -2.50. The lowest BCUT2D eigenvalue weighted by Gasteiger charge is -2.19. The number of nitrogens with one attached hydrogen (secondary N) is 2. The van der Waals surface area contributed by atoms with Crippen molar-refractivity contribution < 1.29 is 19.5 Å². The molecule has 116 valence electrons. The van der Waals surface area contributed by atoms with Crippen molar-refractivity contribution in [2.75, 3.05) is 6.54 Å². The van der Waals surface area contributed by atoms with Gasteiger partial charge in [-0.05, 0) is 25.2 Å². The molecule has 0 aliphatic rings. The molecule has 0 radical (unpaired) electrons. The van der Waals surface area contributed by atoms with Crippen LogP contribution in [0.1, 0.15) is 40.0 Å². The minimum Gasteiger partial charge on any atom is -0.480 e. The highest BCUT2D eigenvalue weighted by Crippen LogP contribution is 2.04. The van der Waals surface area contributed by atoms with E-state index in [-0.39, 0.29) is 11.8 Å². The van der Waals surface area contributed by atoms with Crippen LogP contribution in [0.5, 0.6) is 0 Å². The molecule has 0 fully saturated rings. The van der Waals surface area contributed by atoms with E-state index in [0.717, 1.165) is 0 Å². The third-order valence-electron chi connectivity index (χ3n) is 2.93. The van der Waals surface area contributed by atoms with Gasteiger partial charge < -0.3 is 21.5 Å². The van der Waals surface area contributed by atoms with E-state index in [2.05, 4.69) is 10.6 Å². The predicted molar refractivity (Wildman–Crippen MR) is 74.9 cm³/mol. The Balaban J connectivity index is 4.14. The van der Waals surface area contributed by atoms with Crippen LogP contribution in [0.2, 0.25) is 0 Å². The number of carbonyl (C=O) groups is 3. The maximum absolute atomic E-state index is 11.7. The van der Waals surface area contributed by atoms with E-state index in [1.54, 1.807) is 13.8 Å². The molecule has 2 atom stereocenters. The van der Waals surface area contributed by atoms with Gasteiger partial charge in [0.15, 0.2) is 0 Å². The van der Waals surface area contributed by atoms with Gasteiger partial charge in [-0.2, -0.15) is 0 Å². The molecule has 7 nitrogen and oxygen atoms in total. The third-order valence-corrected chi connectivity index (χ3v) is 2.93. The number of carboxylic acid groups (broad SMARTS) is 1. The smallest absolute Gasteiger partial charge is 0.326 e. The Morgan fingerprint density at radius 3 is 2.25 bits per heavy atom.